The van der Waals surface area contributed by atoms with E-state index in [1.54, 1.807) is 0 Å². The molecule has 0 rings (SSSR count). The average molecular weight is 193 g/mol. The van der Waals surface area contributed by atoms with Crippen molar-refractivity contribution in [2.45, 2.75) is 46.1 Å². The lowest BCUT2D eigenvalue weighted by Crippen LogP contribution is -2.27. The molecule has 0 aromatic heterocycles. The van der Waals surface area contributed by atoms with Gasteiger partial charge in [0.2, 0.25) is 0 Å². The minimum Gasteiger partial charge on any atom is -0.376 e. The molecular formula is C10H21ClO. The van der Waals surface area contributed by atoms with Gasteiger partial charge in [-0.15, -0.1) is 11.6 Å². The van der Waals surface area contributed by atoms with Gasteiger partial charge in [-0.05, 0) is 39.5 Å². The highest BCUT2D eigenvalue weighted by Crippen LogP contribution is 2.22. The molecule has 0 saturated heterocycles. The number of rotatable bonds is 6. The van der Waals surface area contributed by atoms with Crippen LogP contribution in [0.2, 0.25) is 0 Å². The summed E-state index contributed by atoms with van der Waals surface area (Å²) in [6.45, 7) is 9.33. The first-order chi connectivity index (χ1) is 5.52. The molecule has 0 fully saturated rings. The summed E-state index contributed by atoms with van der Waals surface area (Å²) in [6, 6.07) is 0. The van der Waals surface area contributed by atoms with Gasteiger partial charge in [0.05, 0.1) is 5.60 Å². The van der Waals surface area contributed by atoms with E-state index in [0.717, 1.165) is 25.3 Å². The zero-order valence-electron chi connectivity index (χ0n) is 8.69. The third-order valence-corrected chi connectivity index (χ3v) is 2.20. The predicted molar refractivity (Wildman–Crippen MR) is 54.8 cm³/mol. The second-order valence-corrected chi connectivity index (χ2v) is 4.36. The molecule has 74 valence electrons. The van der Waals surface area contributed by atoms with Crippen LogP contribution < -0.4 is 0 Å². The van der Waals surface area contributed by atoms with Gasteiger partial charge in [-0.25, -0.2) is 0 Å². The summed E-state index contributed by atoms with van der Waals surface area (Å²) in [7, 11) is 0. The SMILES string of the molecule is CCOC(C)(C)C[C@@H](C)CCCl. The van der Waals surface area contributed by atoms with Crippen molar-refractivity contribution in [3.05, 3.63) is 0 Å². The highest BCUT2D eigenvalue weighted by atomic mass is 35.5. The fraction of sp³-hybridized carbons (Fsp3) is 1.00. The van der Waals surface area contributed by atoms with E-state index < -0.39 is 0 Å². The Labute approximate surface area is 81.4 Å². The van der Waals surface area contributed by atoms with Crippen LogP contribution >= 0.6 is 11.6 Å². The van der Waals surface area contributed by atoms with Crippen LogP contribution in [0, 0.1) is 5.92 Å². The van der Waals surface area contributed by atoms with Crippen LogP contribution in [0.3, 0.4) is 0 Å². The zero-order valence-corrected chi connectivity index (χ0v) is 9.45. The fourth-order valence-electron chi connectivity index (χ4n) is 1.58. The molecule has 12 heavy (non-hydrogen) atoms. The molecular weight excluding hydrogens is 172 g/mol. The van der Waals surface area contributed by atoms with E-state index in [-0.39, 0.29) is 5.60 Å². The Balaban J connectivity index is 3.70. The van der Waals surface area contributed by atoms with Gasteiger partial charge < -0.3 is 4.74 Å². The van der Waals surface area contributed by atoms with Crippen LogP contribution in [0.4, 0.5) is 0 Å². The van der Waals surface area contributed by atoms with Gasteiger partial charge >= 0.3 is 0 Å². The van der Waals surface area contributed by atoms with E-state index in [0.29, 0.717) is 5.92 Å². The van der Waals surface area contributed by atoms with E-state index in [9.17, 15) is 0 Å². The first-order valence-corrected chi connectivity index (χ1v) is 5.25. The molecule has 0 amide bonds. The summed E-state index contributed by atoms with van der Waals surface area (Å²) in [5.41, 5.74) is 0.0141. The predicted octanol–water partition coefficient (Wildman–Crippen LogP) is 3.46. The highest BCUT2D eigenvalue weighted by molar-refractivity contribution is 6.17. The summed E-state index contributed by atoms with van der Waals surface area (Å²) in [5, 5.41) is 0. The fourth-order valence-corrected chi connectivity index (χ4v) is 1.95. The monoisotopic (exact) mass is 192 g/mol. The zero-order chi connectivity index (χ0) is 9.61. The maximum Gasteiger partial charge on any atom is 0.0628 e. The Bertz CT molecular complexity index is 112. The third kappa shape index (κ3) is 5.84. The van der Waals surface area contributed by atoms with Gasteiger partial charge in [-0.1, -0.05) is 6.92 Å². The molecule has 0 bridgehead atoms. The van der Waals surface area contributed by atoms with Gasteiger partial charge in [-0.3, -0.25) is 0 Å². The summed E-state index contributed by atoms with van der Waals surface area (Å²) in [4.78, 5) is 0. The highest BCUT2D eigenvalue weighted by Gasteiger charge is 2.20. The summed E-state index contributed by atoms with van der Waals surface area (Å²) in [6.07, 6.45) is 2.17. The second kappa shape index (κ2) is 5.82. The summed E-state index contributed by atoms with van der Waals surface area (Å²) in [5.74, 6) is 1.41. The largest absolute Gasteiger partial charge is 0.376 e. The average Bonchev–Trinajstić information content (AvgIpc) is 1.85. The lowest BCUT2D eigenvalue weighted by Gasteiger charge is -2.27. The lowest BCUT2D eigenvalue weighted by molar-refractivity contribution is -0.0260. The van der Waals surface area contributed by atoms with E-state index in [4.69, 9.17) is 16.3 Å². The maximum absolute atomic E-state index is 5.66. The molecule has 0 N–H and O–H groups in total. The van der Waals surface area contributed by atoms with Crippen molar-refractivity contribution in [2.75, 3.05) is 12.5 Å². The van der Waals surface area contributed by atoms with Crippen molar-refractivity contribution in [2.24, 2.45) is 5.92 Å². The molecule has 0 aliphatic heterocycles. The molecule has 0 aliphatic rings. The van der Waals surface area contributed by atoms with Crippen molar-refractivity contribution >= 4 is 11.6 Å². The molecule has 1 nitrogen and oxygen atoms in total. The Kier molecular flexibility index (Phi) is 5.94. The number of ether oxygens (including phenoxy) is 1. The smallest absolute Gasteiger partial charge is 0.0628 e. The Morgan fingerprint density at radius 3 is 2.42 bits per heavy atom. The van der Waals surface area contributed by atoms with Gasteiger partial charge in [-0.2, -0.15) is 0 Å². The van der Waals surface area contributed by atoms with Crippen molar-refractivity contribution in [3.63, 3.8) is 0 Å². The molecule has 1 atom stereocenters. The third-order valence-electron chi connectivity index (χ3n) is 1.98. The van der Waals surface area contributed by atoms with Crippen molar-refractivity contribution in [1.82, 2.24) is 0 Å². The molecule has 0 aliphatic carbocycles. The molecule has 0 unspecified atom stereocenters. The van der Waals surface area contributed by atoms with Crippen molar-refractivity contribution in [3.8, 4) is 0 Å². The standard InChI is InChI=1S/C10H21ClO/c1-5-12-10(3,4)8-9(2)6-7-11/h9H,5-8H2,1-4H3/t9-/m0/s1. The number of hydrogen-bond acceptors (Lipinski definition) is 1. The van der Waals surface area contributed by atoms with E-state index >= 15 is 0 Å². The van der Waals surface area contributed by atoms with Crippen molar-refractivity contribution < 1.29 is 4.74 Å². The van der Waals surface area contributed by atoms with Gasteiger partial charge in [0, 0.05) is 12.5 Å². The summed E-state index contributed by atoms with van der Waals surface area (Å²) >= 11 is 5.66. The Morgan fingerprint density at radius 1 is 1.42 bits per heavy atom. The molecule has 2 heteroatoms. The molecule has 0 spiro atoms. The van der Waals surface area contributed by atoms with Crippen molar-refractivity contribution in [1.29, 1.82) is 0 Å². The first-order valence-electron chi connectivity index (χ1n) is 4.71. The van der Waals surface area contributed by atoms with E-state index in [1.807, 2.05) is 6.92 Å². The van der Waals surface area contributed by atoms with Crippen LogP contribution in [-0.2, 0) is 4.74 Å². The minimum atomic E-state index is 0.0141. The molecule has 0 radical (unpaired) electrons. The van der Waals surface area contributed by atoms with Gasteiger partial charge in [0.15, 0.2) is 0 Å². The van der Waals surface area contributed by atoms with Gasteiger partial charge in [0.25, 0.3) is 0 Å². The van der Waals surface area contributed by atoms with Gasteiger partial charge in [0.1, 0.15) is 0 Å². The second-order valence-electron chi connectivity index (χ2n) is 3.98. The summed E-state index contributed by atoms with van der Waals surface area (Å²) < 4.78 is 5.60. The topological polar surface area (TPSA) is 9.23 Å². The van der Waals surface area contributed by atoms with Crippen LogP contribution in [0.25, 0.3) is 0 Å². The first kappa shape index (κ1) is 12.2. The number of halogens is 1. The minimum absolute atomic E-state index is 0.0141. The normalized spacial score (nSPS) is 14.8. The van der Waals surface area contributed by atoms with E-state index in [1.165, 1.54) is 0 Å². The molecule has 0 heterocycles. The molecule has 0 saturated carbocycles. The van der Waals surface area contributed by atoms with Crippen LogP contribution in [0.5, 0.6) is 0 Å². The lowest BCUT2D eigenvalue weighted by atomic mass is 9.93. The quantitative estimate of drug-likeness (QED) is 0.586. The Hall–Kier alpha value is 0.250. The molecule has 0 aromatic rings. The van der Waals surface area contributed by atoms with E-state index in [2.05, 4.69) is 20.8 Å². The Morgan fingerprint density at radius 2 is 2.00 bits per heavy atom. The number of hydrogen-bond donors (Lipinski definition) is 0. The number of alkyl halides is 1. The van der Waals surface area contributed by atoms with Crippen LogP contribution in [-0.4, -0.2) is 18.1 Å². The van der Waals surface area contributed by atoms with Crippen LogP contribution in [0.1, 0.15) is 40.5 Å². The molecule has 0 aromatic carbocycles. The maximum atomic E-state index is 5.66. The van der Waals surface area contributed by atoms with Crippen LogP contribution in [0.15, 0.2) is 0 Å².